The predicted octanol–water partition coefficient (Wildman–Crippen LogP) is -0.643. The number of aromatic amines is 1. The van der Waals surface area contributed by atoms with Crippen molar-refractivity contribution in [2.24, 2.45) is 11.5 Å². The number of carboxylic acid groups (broad SMARTS) is 1. The molecule has 180 valence electrons. The van der Waals surface area contributed by atoms with E-state index in [1.807, 2.05) is 24.3 Å². The number of hydrogen-bond acceptors (Lipinski definition) is 6. The fourth-order valence-corrected chi connectivity index (χ4v) is 3.41. The first-order valence-corrected chi connectivity index (χ1v) is 10.8. The highest BCUT2D eigenvalue weighted by atomic mass is 16.4. The van der Waals surface area contributed by atoms with Crippen molar-refractivity contribution < 1.29 is 24.3 Å². The van der Waals surface area contributed by atoms with Crippen LogP contribution in [0.15, 0.2) is 30.5 Å². The van der Waals surface area contributed by atoms with Crippen molar-refractivity contribution >= 4 is 34.6 Å². The van der Waals surface area contributed by atoms with Gasteiger partial charge in [-0.3, -0.25) is 14.4 Å². The van der Waals surface area contributed by atoms with Crippen LogP contribution in [0.3, 0.4) is 0 Å². The van der Waals surface area contributed by atoms with E-state index < -0.39 is 41.8 Å². The van der Waals surface area contributed by atoms with Crippen LogP contribution >= 0.6 is 0 Å². The van der Waals surface area contributed by atoms with Crippen molar-refractivity contribution in [2.45, 2.75) is 50.7 Å². The second-order valence-corrected chi connectivity index (χ2v) is 7.80. The molecular weight excluding hydrogens is 428 g/mol. The highest BCUT2D eigenvalue weighted by Crippen LogP contribution is 2.19. The number of unbranched alkanes of at least 4 members (excludes halogenated alkanes) is 1. The summed E-state index contributed by atoms with van der Waals surface area (Å²) < 4.78 is 0. The van der Waals surface area contributed by atoms with Gasteiger partial charge in [0.15, 0.2) is 0 Å². The van der Waals surface area contributed by atoms with E-state index in [2.05, 4.69) is 20.9 Å². The molecule has 3 unspecified atom stereocenters. The van der Waals surface area contributed by atoms with Gasteiger partial charge in [0.05, 0.1) is 6.54 Å². The SMILES string of the molecule is CC(NC(=O)C(CCCCN)NC(=O)CN)C(=O)NC(Cc1c[nH]c2ccccc12)C(=O)O. The number of carbonyl (C=O) groups excluding carboxylic acids is 3. The van der Waals surface area contributed by atoms with Crippen LogP contribution in [0.4, 0.5) is 0 Å². The Morgan fingerprint density at radius 3 is 2.39 bits per heavy atom. The zero-order chi connectivity index (χ0) is 24.4. The maximum atomic E-state index is 12.6. The molecule has 0 spiro atoms. The highest BCUT2D eigenvalue weighted by molar-refractivity contribution is 5.93. The number of carbonyl (C=O) groups is 4. The average Bonchev–Trinajstić information content (AvgIpc) is 3.20. The van der Waals surface area contributed by atoms with Gasteiger partial charge < -0.3 is 37.5 Å². The third-order valence-corrected chi connectivity index (χ3v) is 5.25. The van der Waals surface area contributed by atoms with Gasteiger partial charge in [-0.05, 0) is 44.4 Å². The van der Waals surface area contributed by atoms with Crippen LogP contribution < -0.4 is 27.4 Å². The first-order valence-electron chi connectivity index (χ1n) is 10.8. The third-order valence-electron chi connectivity index (χ3n) is 5.25. The first-order chi connectivity index (χ1) is 15.8. The first kappa shape index (κ1) is 25.8. The van der Waals surface area contributed by atoms with Gasteiger partial charge in [0, 0.05) is 23.5 Å². The second-order valence-electron chi connectivity index (χ2n) is 7.80. The highest BCUT2D eigenvalue weighted by Gasteiger charge is 2.27. The Labute approximate surface area is 191 Å². The Bertz CT molecular complexity index is 975. The van der Waals surface area contributed by atoms with Gasteiger partial charge in [-0.15, -0.1) is 0 Å². The number of nitrogens with two attached hydrogens (primary N) is 2. The lowest BCUT2D eigenvalue weighted by molar-refractivity contribution is -0.142. The molecule has 0 bridgehead atoms. The lowest BCUT2D eigenvalue weighted by atomic mass is 10.0. The standard InChI is InChI=1S/C22H32N6O5/c1-13(26-21(31)17(8-4-5-9-23)27-19(29)11-24)20(30)28-18(22(32)33)10-14-12-25-16-7-3-2-6-15(14)16/h2-3,6-7,12-13,17-18,25H,4-5,8-11,23-24H2,1H3,(H,26,31)(H,27,29)(H,28,30)(H,32,33). The zero-order valence-electron chi connectivity index (χ0n) is 18.6. The molecule has 0 saturated carbocycles. The molecule has 9 N–H and O–H groups in total. The number of hydrogen-bond donors (Lipinski definition) is 7. The monoisotopic (exact) mass is 460 g/mol. The molecule has 2 aromatic rings. The predicted molar refractivity (Wildman–Crippen MR) is 123 cm³/mol. The Hall–Kier alpha value is -3.44. The molecule has 11 heteroatoms. The van der Waals surface area contributed by atoms with Gasteiger partial charge in [-0.2, -0.15) is 0 Å². The zero-order valence-corrected chi connectivity index (χ0v) is 18.6. The van der Waals surface area contributed by atoms with Crippen LogP contribution in [0.1, 0.15) is 31.7 Å². The summed E-state index contributed by atoms with van der Waals surface area (Å²) in [5.74, 6) is -2.90. The maximum Gasteiger partial charge on any atom is 0.326 e. The van der Waals surface area contributed by atoms with Crippen molar-refractivity contribution in [1.29, 1.82) is 0 Å². The van der Waals surface area contributed by atoms with Crippen molar-refractivity contribution in [3.63, 3.8) is 0 Å². The van der Waals surface area contributed by atoms with Crippen LogP contribution in [0, 0.1) is 0 Å². The van der Waals surface area contributed by atoms with Crippen LogP contribution in [0.5, 0.6) is 0 Å². The lowest BCUT2D eigenvalue weighted by Gasteiger charge is -2.22. The van der Waals surface area contributed by atoms with Crippen molar-refractivity contribution in [2.75, 3.05) is 13.1 Å². The molecule has 11 nitrogen and oxygen atoms in total. The Balaban J connectivity index is 2.00. The molecule has 0 aliphatic rings. The summed E-state index contributed by atoms with van der Waals surface area (Å²) in [4.78, 5) is 51.8. The van der Waals surface area contributed by atoms with E-state index in [-0.39, 0.29) is 13.0 Å². The van der Waals surface area contributed by atoms with Crippen LogP contribution in [0.25, 0.3) is 10.9 Å². The molecule has 0 saturated heterocycles. The van der Waals surface area contributed by atoms with Gasteiger partial charge in [0.25, 0.3) is 0 Å². The molecule has 1 heterocycles. The summed E-state index contributed by atoms with van der Waals surface area (Å²) >= 11 is 0. The average molecular weight is 461 g/mol. The topological polar surface area (TPSA) is 192 Å². The fourth-order valence-electron chi connectivity index (χ4n) is 3.41. The van der Waals surface area contributed by atoms with Crippen LogP contribution in [-0.2, 0) is 25.6 Å². The minimum absolute atomic E-state index is 0.0695. The van der Waals surface area contributed by atoms with E-state index in [1.165, 1.54) is 6.92 Å². The molecule has 2 rings (SSSR count). The number of fused-ring (bicyclic) bond motifs is 1. The van der Waals surface area contributed by atoms with E-state index in [0.717, 1.165) is 16.5 Å². The smallest absolute Gasteiger partial charge is 0.326 e. The number of benzene rings is 1. The summed E-state index contributed by atoms with van der Waals surface area (Å²) in [6.45, 7) is 1.62. The normalized spacial score (nSPS) is 13.7. The van der Waals surface area contributed by atoms with Gasteiger partial charge >= 0.3 is 5.97 Å². The third kappa shape index (κ3) is 7.58. The molecule has 0 aliphatic heterocycles. The van der Waals surface area contributed by atoms with E-state index >= 15 is 0 Å². The molecule has 0 aliphatic carbocycles. The summed E-state index contributed by atoms with van der Waals surface area (Å²) in [6.07, 6.45) is 3.39. The Morgan fingerprint density at radius 1 is 1.00 bits per heavy atom. The Morgan fingerprint density at radius 2 is 1.73 bits per heavy atom. The molecular formula is C22H32N6O5. The molecule has 33 heavy (non-hydrogen) atoms. The largest absolute Gasteiger partial charge is 0.480 e. The number of aliphatic carboxylic acids is 1. The second kappa shape index (κ2) is 12.6. The number of carboxylic acids is 1. The van der Waals surface area contributed by atoms with Crippen molar-refractivity contribution in [1.82, 2.24) is 20.9 Å². The van der Waals surface area contributed by atoms with Gasteiger partial charge in [0.1, 0.15) is 18.1 Å². The number of amides is 3. The molecule has 3 atom stereocenters. The summed E-state index contributed by atoms with van der Waals surface area (Å²) in [7, 11) is 0. The summed E-state index contributed by atoms with van der Waals surface area (Å²) in [5, 5.41) is 18.0. The van der Waals surface area contributed by atoms with E-state index in [0.29, 0.717) is 25.8 Å². The quantitative estimate of drug-likeness (QED) is 0.193. The number of H-pyrrole nitrogens is 1. The van der Waals surface area contributed by atoms with Crippen molar-refractivity contribution in [3.05, 3.63) is 36.0 Å². The number of rotatable bonds is 13. The molecule has 3 amide bonds. The maximum absolute atomic E-state index is 12.6. The van der Waals surface area contributed by atoms with Crippen LogP contribution in [-0.4, -0.2) is 65.0 Å². The Kier molecular flexibility index (Phi) is 9.83. The summed E-state index contributed by atoms with van der Waals surface area (Å²) in [6, 6.07) is 4.37. The van der Waals surface area contributed by atoms with Crippen molar-refractivity contribution in [3.8, 4) is 0 Å². The van der Waals surface area contributed by atoms with E-state index in [9.17, 15) is 24.3 Å². The van der Waals surface area contributed by atoms with Gasteiger partial charge in [0.2, 0.25) is 17.7 Å². The van der Waals surface area contributed by atoms with E-state index in [4.69, 9.17) is 11.5 Å². The number of para-hydroxylation sites is 1. The molecule has 1 aromatic heterocycles. The molecule has 0 fully saturated rings. The molecule has 0 radical (unpaired) electrons. The van der Waals surface area contributed by atoms with Crippen LogP contribution in [0.2, 0.25) is 0 Å². The minimum Gasteiger partial charge on any atom is -0.480 e. The number of nitrogens with one attached hydrogen (secondary N) is 4. The van der Waals surface area contributed by atoms with Gasteiger partial charge in [-0.1, -0.05) is 18.2 Å². The molecule has 1 aromatic carbocycles. The minimum atomic E-state index is -1.19. The number of aromatic nitrogens is 1. The lowest BCUT2D eigenvalue weighted by Crippen LogP contribution is -2.55. The summed E-state index contributed by atoms with van der Waals surface area (Å²) in [5.41, 5.74) is 12.4. The van der Waals surface area contributed by atoms with Gasteiger partial charge in [-0.25, -0.2) is 4.79 Å². The van der Waals surface area contributed by atoms with E-state index in [1.54, 1.807) is 6.20 Å². The fraction of sp³-hybridized carbons (Fsp3) is 0.455.